The molecule has 2 unspecified atom stereocenters. The first-order chi connectivity index (χ1) is 21.8. The Hall–Kier alpha value is -5.82. The number of hydrogen-bond acceptors (Lipinski definition) is 7. The highest BCUT2D eigenvalue weighted by molar-refractivity contribution is 6.22. The molecule has 44 heavy (non-hydrogen) atoms. The number of ether oxygens (including phenoxy) is 1. The predicted molar refractivity (Wildman–Crippen MR) is 173 cm³/mol. The molecule has 2 aliphatic heterocycles. The smallest absolute Gasteiger partial charge is 0.231 e. The van der Waals surface area contributed by atoms with Crippen LogP contribution in [0.15, 0.2) is 136 Å². The Morgan fingerprint density at radius 2 is 1.55 bits per heavy atom. The van der Waals surface area contributed by atoms with E-state index in [-0.39, 0.29) is 6.10 Å². The number of amidine groups is 2. The number of nitrogens with zero attached hydrogens (tertiary/aromatic N) is 4. The number of aliphatic imine (C=N–C) groups is 2. The summed E-state index contributed by atoms with van der Waals surface area (Å²) in [5, 5.41) is 5.20. The fourth-order valence-electron chi connectivity index (χ4n) is 6.23. The van der Waals surface area contributed by atoms with Gasteiger partial charge in [-0.05, 0) is 41.0 Å². The maximum absolute atomic E-state index is 6.34. The van der Waals surface area contributed by atoms with Gasteiger partial charge in [0, 0.05) is 28.5 Å². The number of benzene rings is 4. The SMILES string of the molecule is C1=CCC2Oc3ccc(-c4ccc5c(c4)oc4ncnc(C6=NC(c7ccccc7)N=C(c7ccccc7)N6)c45)cc3C2=C1. The molecule has 0 radical (unpaired) electrons. The Balaban J connectivity index is 1.14. The summed E-state index contributed by atoms with van der Waals surface area (Å²) in [5.41, 5.74) is 8.44. The number of fused-ring (bicyclic) bond motifs is 6. The zero-order valence-corrected chi connectivity index (χ0v) is 23.5. The Morgan fingerprint density at radius 1 is 0.750 bits per heavy atom. The molecular weight excluding hydrogens is 546 g/mol. The molecule has 0 bridgehead atoms. The minimum Gasteiger partial charge on any atom is -0.485 e. The summed E-state index contributed by atoms with van der Waals surface area (Å²) in [6, 6.07) is 32.8. The molecule has 3 aliphatic rings. The fourth-order valence-corrected chi connectivity index (χ4v) is 6.23. The zero-order valence-electron chi connectivity index (χ0n) is 23.5. The van der Waals surface area contributed by atoms with Gasteiger partial charge in [0.05, 0.1) is 5.39 Å². The van der Waals surface area contributed by atoms with Crippen LogP contribution in [0.2, 0.25) is 0 Å². The number of allylic oxidation sites excluding steroid dienone is 2. The summed E-state index contributed by atoms with van der Waals surface area (Å²) in [4.78, 5) is 19.2. The van der Waals surface area contributed by atoms with E-state index in [1.54, 1.807) is 0 Å². The van der Waals surface area contributed by atoms with Crippen molar-refractivity contribution in [3.05, 3.63) is 144 Å². The van der Waals surface area contributed by atoms with E-state index >= 15 is 0 Å². The summed E-state index contributed by atoms with van der Waals surface area (Å²) in [5.74, 6) is 2.29. The molecular formula is C37H25N5O2. The summed E-state index contributed by atoms with van der Waals surface area (Å²) in [6.07, 6.45) is 8.53. The second kappa shape index (κ2) is 9.88. The standard InChI is InChI=1S/C37H25N5O2/c1-3-9-22(10-4-1)34-40-35(23-11-5-2-6-12-23)42-36(41-34)33-32-27-17-15-25(20-31(27)44-37(32)39-21-38-33)24-16-18-30-28(19-24)26-13-7-8-14-29(26)43-30/h1-13,15-21,29,34H,14H2,(H,40,41,42). The van der Waals surface area contributed by atoms with Gasteiger partial charge in [-0.2, -0.15) is 0 Å². The van der Waals surface area contributed by atoms with Gasteiger partial charge >= 0.3 is 0 Å². The Morgan fingerprint density at radius 3 is 2.43 bits per heavy atom. The highest BCUT2D eigenvalue weighted by atomic mass is 16.5. The first-order valence-corrected chi connectivity index (χ1v) is 14.7. The third-order valence-corrected chi connectivity index (χ3v) is 8.38. The second-order valence-corrected chi connectivity index (χ2v) is 11.0. The van der Waals surface area contributed by atoms with E-state index in [2.05, 4.69) is 64.9 Å². The molecule has 7 heteroatoms. The average molecular weight is 572 g/mol. The van der Waals surface area contributed by atoms with Crippen LogP contribution >= 0.6 is 0 Å². The number of rotatable bonds is 4. The minimum absolute atomic E-state index is 0.102. The van der Waals surface area contributed by atoms with E-state index in [1.807, 2.05) is 60.7 Å². The molecule has 0 fully saturated rings. The van der Waals surface area contributed by atoms with Crippen LogP contribution in [0.1, 0.15) is 35.0 Å². The molecule has 0 spiro atoms. The monoisotopic (exact) mass is 571 g/mol. The van der Waals surface area contributed by atoms with Gasteiger partial charge in [-0.25, -0.2) is 20.0 Å². The second-order valence-electron chi connectivity index (χ2n) is 11.0. The van der Waals surface area contributed by atoms with E-state index in [1.165, 1.54) is 11.9 Å². The van der Waals surface area contributed by atoms with Gasteiger partial charge in [-0.15, -0.1) is 0 Å². The maximum atomic E-state index is 6.34. The summed E-state index contributed by atoms with van der Waals surface area (Å²) in [6.45, 7) is 0. The quantitative estimate of drug-likeness (QED) is 0.235. The first kappa shape index (κ1) is 24.7. The van der Waals surface area contributed by atoms with Gasteiger partial charge in [-0.3, -0.25) is 0 Å². The molecule has 4 aromatic carbocycles. The first-order valence-electron chi connectivity index (χ1n) is 14.7. The Bertz CT molecular complexity index is 2210. The Kier molecular flexibility index (Phi) is 5.56. The van der Waals surface area contributed by atoms with Crippen LogP contribution < -0.4 is 10.1 Å². The maximum Gasteiger partial charge on any atom is 0.231 e. The molecule has 0 saturated heterocycles. The van der Waals surface area contributed by atoms with Crippen molar-refractivity contribution >= 4 is 39.3 Å². The third kappa shape index (κ3) is 4.05. The lowest BCUT2D eigenvalue weighted by molar-refractivity contribution is 0.279. The van der Waals surface area contributed by atoms with E-state index in [0.717, 1.165) is 62.2 Å². The van der Waals surface area contributed by atoms with E-state index in [4.69, 9.17) is 24.1 Å². The predicted octanol–water partition coefficient (Wildman–Crippen LogP) is 7.64. The van der Waals surface area contributed by atoms with Crippen molar-refractivity contribution < 1.29 is 9.15 Å². The van der Waals surface area contributed by atoms with Gasteiger partial charge in [-0.1, -0.05) is 91.0 Å². The van der Waals surface area contributed by atoms with Gasteiger partial charge in [0.25, 0.3) is 0 Å². The molecule has 210 valence electrons. The van der Waals surface area contributed by atoms with Crippen LogP contribution in [-0.4, -0.2) is 27.7 Å². The van der Waals surface area contributed by atoms with Crippen LogP contribution in [-0.2, 0) is 0 Å². The molecule has 6 aromatic rings. The molecule has 1 N–H and O–H groups in total. The van der Waals surface area contributed by atoms with Crippen LogP contribution in [0.5, 0.6) is 5.75 Å². The van der Waals surface area contributed by atoms with Crippen LogP contribution in [0.3, 0.4) is 0 Å². The van der Waals surface area contributed by atoms with Crippen LogP contribution in [0.4, 0.5) is 0 Å². The summed E-state index contributed by atoms with van der Waals surface area (Å²) < 4.78 is 12.5. The molecule has 1 aliphatic carbocycles. The van der Waals surface area contributed by atoms with E-state index < -0.39 is 6.17 Å². The molecule has 7 nitrogen and oxygen atoms in total. The lowest BCUT2D eigenvalue weighted by Crippen LogP contribution is -2.36. The topological polar surface area (TPSA) is 84.9 Å². The average Bonchev–Trinajstić information content (AvgIpc) is 3.66. The van der Waals surface area contributed by atoms with Crippen molar-refractivity contribution in [2.24, 2.45) is 9.98 Å². The highest BCUT2D eigenvalue weighted by Crippen LogP contribution is 2.43. The van der Waals surface area contributed by atoms with Crippen molar-refractivity contribution in [2.75, 3.05) is 0 Å². The van der Waals surface area contributed by atoms with Crippen LogP contribution in [0, 0.1) is 0 Å². The molecule has 2 atom stereocenters. The number of aromatic nitrogens is 2. The highest BCUT2D eigenvalue weighted by Gasteiger charge is 2.29. The van der Waals surface area contributed by atoms with Gasteiger partial charge in [0.2, 0.25) is 5.71 Å². The third-order valence-electron chi connectivity index (χ3n) is 8.38. The minimum atomic E-state index is -0.421. The lowest BCUT2D eigenvalue weighted by atomic mass is 9.94. The number of hydrogen-bond donors (Lipinski definition) is 1. The number of nitrogens with one attached hydrogen (secondary N) is 1. The van der Waals surface area contributed by atoms with Crippen molar-refractivity contribution in [2.45, 2.75) is 18.7 Å². The van der Waals surface area contributed by atoms with Crippen molar-refractivity contribution in [3.8, 4) is 16.9 Å². The molecule has 9 rings (SSSR count). The fraction of sp³-hybridized carbons (Fsp3) is 0.0811. The summed E-state index contributed by atoms with van der Waals surface area (Å²) >= 11 is 0. The van der Waals surface area contributed by atoms with E-state index in [0.29, 0.717) is 17.2 Å². The summed E-state index contributed by atoms with van der Waals surface area (Å²) in [7, 11) is 0. The molecule has 0 amide bonds. The van der Waals surface area contributed by atoms with Crippen LogP contribution in [0.25, 0.3) is 38.8 Å². The normalized spacial score (nSPS) is 18.6. The lowest BCUT2D eigenvalue weighted by Gasteiger charge is -2.22. The number of furan rings is 1. The van der Waals surface area contributed by atoms with E-state index in [9.17, 15) is 0 Å². The Labute approximate surface area is 253 Å². The molecule has 4 heterocycles. The van der Waals surface area contributed by atoms with Crippen molar-refractivity contribution in [1.82, 2.24) is 15.3 Å². The van der Waals surface area contributed by atoms with Gasteiger partial charge in [0.15, 0.2) is 12.0 Å². The largest absolute Gasteiger partial charge is 0.485 e. The van der Waals surface area contributed by atoms with Crippen molar-refractivity contribution in [3.63, 3.8) is 0 Å². The van der Waals surface area contributed by atoms with Gasteiger partial charge < -0.3 is 14.5 Å². The molecule has 0 saturated carbocycles. The van der Waals surface area contributed by atoms with Crippen molar-refractivity contribution in [1.29, 1.82) is 0 Å². The zero-order chi connectivity index (χ0) is 29.0. The van der Waals surface area contributed by atoms with Gasteiger partial charge in [0.1, 0.15) is 35.3 Å². The molecule has 2 aromatic heterocycles.